The van der Waals surface area contributed by atoms with E-state index in [4.69, 9.17) is 5.26 Å². The third kappa shape index (κ3) is 3.22. The molecular formula is C2N2O4S. The summed E-state index contributed by atoms with van der Waals surface area (Å²) < 4.78 is 25.4. The average Bonchev–Trinajstić information content (AvgIpc) is 1.64. The molecule has 0 N–H and O–H groups in total. The third-order valence-corrected chi connectivity index (χ3v) is 0.875. The van der Waals surface area contributed by atoms with Gasteiger partial charge < -0.3 is 0 Å². The lowest BCUT2D eigenvalue weighted by molar-refractivity contribution is 0.460. The summed E-state index contributed by atoms with van der Waals surface area (Å²) in [7, 11) is -4.34. The first-order valence-electron chi connectivity index (χ1n) is 1.54. The van der Waals surface area contributed by atoms with Crippen LogP contribution in [0.25, 0.3) is 0 Å². The molecule has 0 heterocycles. The molecule has 0 bridgehead atoms. The van der Waals surface area contributed by atoms with Gasteiger partial charge >= 0.3 is 16.6 Å². The Morgan fingerprint density at radius 1 is 1.56 bits per heavy atom. The fourth-order valence-electron chi connectivity index (χ4n) is 0.111. The number of hydrogen-bond donors (Lipinski definition) is 0. The molecule has 0 aromatic heterocycles. The predicted molar refractivity (Wildman–Crippen MR) is 23.7 cm³/mol. The summed E-state index contributed by atoms with van der Waals surface area (Å²) in [4.78, 5) is 9.24. The van der Waals surface area contributed by atoms with Gasteiger partial charge in [-0.1, -0.05) is 0 Å². The lowest BCUT2D eigenvalue weighted by Crippen LogP contribution is -1.95. The summed E-state index contributed by atoms with van der Waals surface area (Å²) in [6, 6.07) is 0. The van der Waals surface area contributed by atoms with Gasteiger partial charge in [-0.2, -0.15) is 8.42 Å². The van der Waals surface area contributed by atoms with E-state index in [1.807, 2.05) is 0 Å². The molecule has 0 amide bonds. The zero-order valence-electron chi connectivity index (χ0n) is 3.94. The Kier molecular flexibility index (Phi) is 2.38. The molecule has 7 heteroatoms. The van der Waals surface area contributed by atoms with Crippen LogP contribution in [0.2, 0.25) is 0 Å². The molecule has 0 saturated carbocycles. The fourth-order valence-corrected chi connectivity index (χ4v) is 0.334. The Labute approximate surface area is 50.6 Å². The van der Waals surface area contributed by atoms with Crippen LogP contribution in [-0.2, 0) is 19.3 Å². The van der Waals surface area contributed by atoms with Gasteiger partial charge in [-0.25, -0.2) is 4.79 Å². The smallest absolute Gasteiger partial charge is 0.284 e. The van der Waals surface area contributed by atoms with Gasteiger partial charge in [-0.05, 0) is 4.40 Å². The molecular weight excluding hydrogens is 148 g/mol. The number of rotatable bonds is 2. The summed E-state index contributed by atoms with van der Waals surface area (Å²) in [5, 5.41) is 7.59. The van der Waals surface area contributed by atoms with Crippen molar-refractivity contribution in [2.24, 2.45) is 4.40 Å². The summed E-state index contributed by atoms with van der Waals surface area (Å²) in [6.07, 6.45) is 1.54. The van der Waals surface area contributed by atoms with Crippen LogP contribution < -0.4 is 0 Å². The van der Waals surface area contributed by atoms with Crippen LogP contribution in [0, 0.1) is 11.5 Å². The summed E-state index contributed by atoms with van der Waals surface area (Å²) in [5.41, 5.74) is 0. The molecule has 6 nitrogen and oxygen atoms in total. The van der Waals surface area contributed by atoms with Crippen LogP contribution in [0.4, 0.5) is 0 Å². The van der Waals surface area contributed by atoms with Crippen molar-refractivity contribution < 1.29 is 17.4 Å². The van der Waals surface area contributed by atoms with Crippen LogP contribution in [0.3, 0.4) is 0 Å². The van der Waals surface area contributed by atoms with Gasteiger partial charge in [0.2, 0.25) is 0 Å². The van der Waals surface area contributed by atoms with Crippen molar-refractivity contribution in [3.8, 4) is 6.26 Å². The van der Waals surface area contributed by atoms with Crippen LogP contribution >= 0.6 is 0 Å². The molecule has 0 aromatic carbocycles. The van der Waals surface area contributed by atoms with E-state index in [9.17, 15) is 13.2 Å². The Bertz CT molecular complexity index is 265. The van der Waals surface area contributed by atoms with E-state index in [0.717, 1.165) is 6.26 Å². The number of isocyanates is 1. The molecule has 0 aromatic rings. The van der Waals surface area contributed by atoms with Crippen LogP contribution in [0.15, 0.2) is 4.40 Å². The van der Waals surface area contributed by atoms with Crippen molar-refractivity contribution in [3.05, 3.63) is 0 Å². The minimum Gasteiger partial charge on any atom is -0.284 e. The SMILES string of the molecule is N#COS(=O)(=O)N=C=O. The van der Waals surface area contributed by atoms with Crippen LogP contribution in [0.5, 0.6) is 0 Å². The maximum absolute atomic E-state index is 9.96. The molecule has 0 fully saturated rings. The van der Waals surface area contributed by atoms with Crippen LogP contribution in [0.1, 0.15) is 0 Å². The molecule has 0 rings (SSSR count). The van der Waals surface area contributed by atoms with Gasteiger partial charge in [0.15, 0.2) is 0 Å². The topological polar surface area (TPSA) is 96.6 Å². The van der Waals surface area contributed by atoms with Crippen molar-refractivity contribution in [2.45, 2.75) is 0 Å². The third-order valence-electron chi connectivity index (χ3n) is 0.292. The second-order valence-corrected chi connectivity index (χ2v) is 1.99. The summed E-state index contributed by atoms with van der Waals surface area (Å²) in [5.74, 6) is 0. The van der Waals surface area contributed by atoms with Crippen molar-refractivity contribution in [3.63, 3.8) is 0 Å². The van der Waals surface area contributed by atoms with Crippen molar-refractivity contribution in [2.75, 3.05) is 0 Å². The molecule has 0 aliphatic carbocycles. The second-order valence-electron chi connectivity index (χ2n) is 0.785. The van der Waals surface area contributed by atoms with Crippen LogP contribution in [-0.4, -0.2) is 14.5 Å². The van der Waals surface area contributed by atoms with Gasteiger partial charge in [-0.15, -0.1) is 5.26 Å². The van der Waals surface area contributed by atoms with Gasteiger partial charge in [-0.3, -0.25) is 4.18 Å². The van der Waals surface area contributed by atoms with Crippen molar-refractivity contribution in [1.82, 2.24) is 0 Å². The Morgan fingerprint density at radius 3 is 2.44 bits per heavy atom. The largest absolute Gasteiger partial charge is 0.448 e. The van der Waals surface area contributed by atoms with Gasteiger partial charge in [0.25, 0.3) is 6.08 Å². The quantitative estimate of drug-likeness (QED) is 0.286. The first-order chi connectivity index (χ1) is 4.12. The molecule has 48 valence electrons. The van der Waals surface area contributed by atoms with E-state index in [1.54, 1.807) is 0 Å². The lowest BCUT2D eigenvalue weighted by atomic mass is 11.6. The van der Waals surface area contributed by atoms with Crippen molar-refractivity contribution in [1.29, 1.82) is 5.26 Å². The maximum Gasteiger partial charge on any atom is 0.448 e. The Hall–Kier alpha value is -1.38. The highest BCUT2D eigenvalue weighted by Crippen LogP contribution is 1.88. The Balaban J connectivity index is 4.46. The molecule has 0 aliphatic heterocycles. The first kappa shape index (κ1) is 7.62. The lowest BCUT2D eigenvalue weighted by Gasteiger charge is -1.81. The fraction of sp³-hybridized carbons (Fsp3) is 0. The minimum atomic E-state index is -4.34. The van der Waals surface area contributed by atoms with E-state index < -0.39 is 10.3 Å². The number of nitriles is 1. The van der Waals surface area contributed by atoms with Gasteiger partial charge in [0.1, 0.15) is 0 Å². The van der Waals surface area contributed by atoms with E-state index in [-0.39, 0.29) is 0 Å². The van der Waals surface area contributed by atoms with E-state index in [2.05, 4.69) is 8.58 Å². The second kappa shape index (κ2) is 2.81. The molecule has 0 unspecified atom stereocenters. The first-order valence-corrected chi connectivity index (χ1v) is 2.90. The molecule has 0 aliphatic rings. The minimum absolute atomic E-state index is 0.704. The normalized spacial score (nSPS) is 8.78. The highest BCUT2D eigenvalue weighted by atomic mass is 32.2. The zero-order valence-corrected chi connectivity index (χ0v) is 4.75. The van der Waals surface area contributed by atoms with E-state index in [0.29, 0.717) is 6.08 Å². The molecule has 0 radical (unpaired) electrons. The summed E-state index contributed by atoms with van der Waals surface area (Å²) in [6.45, 7) is 0. The molecule has 0 atom stereocenters. The highest BCUT2D eigenvalue weighted by molar-refractivity contribution is 7.85. The highest BCUT2D eigenvalue weighted by Gasteiger charge is 2.05. The maximum atomic E-state index is 9.96. The molecule has 0 saturated heterocycles. The standard InChI is InChI=1S/C2N2O4S/c3-1-8-9(6,7)4-2-5. The number of carbonyl (C=O) groups excluding carboxylic acids is 1. The van der Waals surface area contributed by atoms with Gasteiger partial charge in [0, 0.05) is 0 Å². The molecule has 9 heavy (non-hydrogen) atoms. The number of hydrogen-bond acceptors (Lipinski definition) is 5. The van der Waals surface area contributed by atoms with Gasteiger partial charge in [0.05, 0.1) is 0 Å². The zero-order chi connectivity index (χ0) is 7.33. The molecule has 0 spiro atoms. The van der Waals surface area contributed by atoms with Crippen molar-refractivity contribution >= 4 is 16.4 Å². The monoisotopic (exact) mass is 148 g/mol. The van der Waals surface area contributed by atoms with E-state index >= 15 is 0 Å². The average molecular weight is 148 g/mol. The Morgan fingerprint density at radius 2 is 2.11 bits per heavy atom. The number of nitrogens with zero attached hydrogens (tertiary/aromatic N) is 2. The predicted octanol–water partition coefficient (Wildman–Crippen LogP) is -0.935. The summed E-state index contributed by atoms with van der Waals surface area (Å²) >= 11 is 0. The van der Waals surface area contributed by atoms with E-state index in [1.165, 1.54) is 0 Å².